The van der Waals surface area contributed by atoms with E-state index in [0.29, 0.717) is 16.0 Å². The van der Waals surface area contributed by atoms with Crippen molar-refractivity contribution in [3.63, 3.8) is 0 Å². The fourth-order valence-electron chi connectivity index (χ4n) is 3.32. The predicted molar refractivity (Wildman–Crippen MR) is 132 cm³/mol. The van der Waals surface area contributed by atoms with Crippen LogP contribution < -0.4 is 5.32 Å². The fourth-order valence-corrected chi connectivity index (χ4v) is 4.24. The Kier molecular flexibility index (Phi) is 6.90. The highest BCUT2D eigenvalue weighted by Gasteiger charge is 2.21. The average molecular weight is 495 g/mol. The Hall–Kier alpha value is -3.76. The largest absolute Gasteiger partial charge is 0.320 e. The number of nitro benzene ring substituents is 1. The minimum absolute atomic E-state index is 0.0286. The number of halogens is 1. The van der Waals surface area contributed by atoms with E-state index in [1.807, 2.05) is 35.8 Å². The van der Waals surface area contributed by atoms with Crippen molar-refractivity contribution in [1.29, 1.82) is 0 Å². The number of hydrogen-bond donors (Lipinski definition) is 1. The van der Waals surface area contributed by atoms with Gasteiger partial charge in [0.15, 0.2) is 11.0 Å². The number of nitrogens with zero attached hydrogens (tertiary/aromatic N) is 5. The first kappa shape index (κ1) is 23.4. The maximum Gasteiger partial charge on any atom is 0.293 e. The zero-order valence-corrected chi connectivity index (χ0v) is 19.8. The molecular formula is C23H19ClN6O3S. The normalized spacial score (nSPS) is 10.8. The number of benzene rings is 2. The number of amides is 1. The van der Waals surface area contributed by atoms with E-state index in [4.69, 9.17) is 11.6 Å². The lowest BCUT2D eigenvalue weighted by atomic mass is 10.2. The Morgan fingerprint density at radius 1 is 1.15 bits per heavy atom. The number of nitrogens with one attached hydrogen (secondary N) is 1. The highest BCUT2D eigenvalue weighted by atomic mass is 35.5. The summed E-state index contributed by atoms with van der Waals surface area (Å²) in [6.07, 6.45) is 3.32. The van der Waals surface area contributed by atoms with E-state index in [1.54, 1.807) is 31.5 Å². The molecule has 0 atom stereocenters. The van der Waals surface area contributed by atoms with E-state index >= 15 is 0 Å². The summed E-state index contributed by atoms with van der Waals surface area (Å²) in [5.41, 5.74) is 3.13. The molecular weight excluding hydrogens is 476 g/mol. The third-order valence-electron chi connectivity index (χ3n) is 5.01. The summed E-state index contributed by atoms with van der Waals surface area (Å²) in [5, 5.41) is 23.7. The van der Waals surface area contributed by atoms with Gasteiger partial charge in [-0.25, -0.2) is 0 Å². The van der Waals surface area contributed by atoms with Gasteiger partial charge >= 0.3 is 0 Å². The number of carbonyl (C=O) groups excluding carboxylic acids is 1. The van der Waals surface area contributed by atoms with Crippen molar-refractivity contribution < 1.29 is 9.72 Å². The zero-order chi connectivity index (χ0) is 24.2. The molecule has 4 rings (SSSR count). The van der Waals surface area contributed by atoms with Crippen molar-refractivity contribution in [2.45, 2.75) is 19.0 Å². The third kappa shape index (κ3) is 4.92. The molecule has 0 saturated carbocycles. The standard InChI is InChI=1S/C23H19ClN6O3S/c1-14-6-7-18(20(12-14)30(32)33)26-21(31)13-34-23-28-27-22(16-8-10-25-11-9-16)29(23)19-5-3-4-17(24)15(19)2/h3-12H,13H2,1-2H3,(H,26,31). The number of aryl methyl sites for hydroxylation is 1. The van der Waals surface area contributed by atoms with Crippen molar-refractivity contribution >= 4 is 40.6 Å². The molecule has 1 amide bonds. The molecule has 0 unspecified atom stereocenters. The first-order chi connectivity index (χ1) is 16.3. The van der Waals surface area contributed by atoms with Crippen LogP contribution in [-0.2, 0) is 4.79 Å². The van der Waals surface area contributed by atoms with Crippen molar-refractivity contribution in [2.24, 2.45) is 0 Å². The highest BCUT2D eigenvalue weighted by molar-refractivity contribution is 7.99. The van der Waals surface area contributed by atoms with E-state index in [0.717, 1.165) is 22.4 Å². The number of aromatic nitrogens is 4. The first-order valence-corrected chi connectivity index (χ1v) is 11.5. The molecule has 0 aliphatic carbocycles. The molecule has 2 aromatic heterocycles. The molecule has 0 bridgehead atoms. The van der Waals surface area contributed by atoms with Crippen LogP contribution in [0.1, 0.15) is 11.1 Å². The SMILES string of the molecule is Cc1ccc(NC(=O)CSc2nnc(-c3ccncc3)n2-c2cccc(Cl)c2C)c([N+](=O)[O-])c1. The van der Waals surface area contributed by atoms with Crippen LogP contribution in [0.15, 0.2) is 66.1 Å². The van der Waals surface area contributed by atoms with Gasteiger partial charge in [-0.15, -0.1) is 10.2 Å². The van der Waals surface area contributed by atoms with Gasteiger partial charge in [0, 0.05) is 29.0 Å². The second-order valence-electron chi connectivity index (χ2n) is 7.38. The number of anilines is 1. The monoisotopic (exact) mass is 494 g/mol. The van der Waals surface area contributed by atoms with Gasteiger partial charge in [-0.05, 0) is 55.3 Å². The van der Waals surface area contributed by atoms with Gasteiger partial charge in [-0.3, -0.25) is 24.5 Å². The number of thioether (sulfide) groups is 1. The second-order valence-corrected chi connectivity index (χ2v) is 8.73. The zero-order valence-electron chi connectivity index (χ0n) is 18.2. The minimum Gasteiger partial charge on any atom is -0.320 e. The summed E-state index contributed by atoms with van der Waals surface area (Å²) in [4.78, 5) is 27.5. The van der Waals surface area contributed by atoms with E-state index in [-0.39, 0.29) is 17.1 Å². The summed E-state index contributed by atoms with van der Waals surface area (Å²) in [5.74, 6) is 0.142. The van der Waals surface area contributed by atoms with Crippen molar-refractivity contribution in [3.05, 3.63) is 87.2 Å². The van der Waals surface area contributed by atoms with E-state index in [9.17, 15) is 14.9 Å². The summed E-state index contributed by atoms with van der Waals surface area (Å²) in [6, 6.07) is 13.8. The predicted octanol–water partition coefficient (Wildman–Crippen LogP) is 5.24. The Morgan fingerprint density at radius 3 is 2.65 bits per heavy atom. The lowest BCUT2D eigenvalue weighted by Gasteiger charge is -2.14. The molecule has 0 aliphatic rings. The van der Waals surface area contributed by atoms with Gasteiger partial charge in [0.2, 0.25) is 5.91 Å². The molecule has 0 radical (unpaired) electrons. The number of hydrogen-bond acceptors (Lipinski definition) is 7. The lowest BCUT2D eigenvalue weighted by molar-refractivity contribution is -0.384. The van der Waals surface area contributed by atoms with E-state index in [2.05, 4.69) is 20.5 Å². The molecule has 172 valence electrons. The summed E-state index contributed by atoms with van der Waals surface area (Å²) in [7, 11) is 0. The van der Waals surface area contributed by atoms with Crippen LogP contribution in [0.2, 0.25) is 5.02 Å². The fraction of sp³-hybridized carbons (Fsp3) is 0.130. The van der Waals surface area contributed by atoms with Crippen molar-refractivity contribution in [3.8, 4) is 17.1 Å². The number of pyridine rings is 1. The van der Waals surface area contributed by atoms with E-state index < -0.39 is 10.8 Å². The number of nitro groups is 1. The van der Waals surface area contributed by atoms with Crippen LogP contribution in [-0.4, -0.2) is 36.3 Å². The molecule has 0 spiro atoms. The minimum atomic E-state index is -0.519. The smallest absolute Gasteiger partial charge is 0.293 e. The molecule has 34 heavy (non-hydrogen) atoms. The van der Waals surface area contributed by atoms with Crippen LogP contribution in [0, 0.1) is 24.0 Å². The molecule has 0 fully saturated rings. The van der Waals surface area contributed by atoms with Crippen molar-refractivity contribution in [2.75, 3.05) is 11.1 Å². The van der Waals surface area contributed by atoms with Crippen LogP contribution in [0.25, 0.3) is 17.1 Å². The molecule has 2 heterocycles. The maximum absolute atomic E-state index is 12.6. The molecule has 11 heteroatoms. The molecule has 9 nitrogen and oxygen atoms in total. The van der Waals surface area contributed by atoms with Crippen LogP contribution in [0.4, 0.5) is 11.4 Å². The molecule has 0 aliphatic heterocycles. The topological polar surface area (TPSA) is 116 Å². The molecule has 2 aromatic carbocycles. The van der Waals surface area contributed by atoms with Crippen LogP contribution in [0.3, 0.4) is 0 Å². The molecule has 0 saturated heterocycles. The second kappa shape index (κ2) is 10.0. The third-order valence-corrected chi connectivity index (χ3v) is 6.35. The van der Waals surface area contributed by atoms with Gasteiger partial charge in [0.05, 0.1) is 16.4 Å². The first-order valence-electron chi connectivity index (χ1n) is 10.1. The lowest BCUT2D eigenvalue weighted by Crippen LogP contribution is -2.15. The highest BCUT2D eigenvalue weighted by Crippen LogP contribution is 2.32. The van der Waals surface area contributed by atoms with Crippen LogP contribution in [0.5, 0.6) is 0 Å². The Balaban J connectivity index is 1.63. The maximum atomic E-state index is 12.6. The van der Waals surface area contributed by atoms with Crippen molar-refractivity contribution in [1.82, 2.24) is 19.7 Å². The number of rotatable bonds is 7. The summed E-state index contributed by atoms with van der Waals surface area (Å²) >= 11 is 7.53. The Labute approximate surface area is 204 Å². The van der Waals surface area contributed by atoms with Gasteiger partial charge in [-0.2, -0.15) is 0 Å². The quantitative estimate of drug-likeness (QED) is 0.212. The Bertz CT molecular complexity index is 1380. The van der Waals surface area contributed by atoms with Gasteiger partial charge in [0.25, 0.3) is 5.69 Å². The average Bonchev–Trinajstić information content (AvgIpc) is 3.25. The molecule has 4 aromatic rings. The van der Waals surface area contributed by atoms with E-state index in [1.165, 1.54) is 23.9 Å². The number of carbonyl (C=O) groups is 1. The summed E-state index contributed by atoms with van der Waals surface area (Å²) < 4.78 is 1.84. The van der Waals surface area contributed by atoms with Gasteiger partial charge in [0.1, 0.15) is 5.69 Å². The Morgan fingerprint density at radius 2 is 1.91 bits per heavy atom. The molecule has 1 N–H and O–H groups in total. The van der Waals surface area contributed by atoms with Gasteiger partial charge < -0.3 is 5.32 Å². The van der Waals surface area contributed by atoms with Gasteiger partial charge in [-0.1, -0.05) is 35.5 Å². The summed E-state index contributed by atoms with van der Waals surface area (Å²) in [6.45, 7) is 3.64. The van der Waals surface area contributed by atoms with Crippen LogP contribution >= 0.6 is 23.4 Å².